The Morgan fingerprint density at radius 2 is 2.00 bits per heavy atom. The number of rotatable bonds is 4. The maximum atomic E-state index is 12.1. The van der Waals surface area contributed by atoms with E-state index in [9.17, 15) is 4.79 Å². The molecule has 1 fully saturated rings. The van der Waals surface area contributed by atoms with E-state index in [2.05, 4.69) is 17.4 Å². The molecule has 0 bridgehead atoms. The highest BCUT2D eigenvalue weighted by Crippen LogP contribution is 2.02. The van der Waals surface area contributed by atoms with Crippen LogP contribution in [0.3, 0.4) is 0 Å². The van der Waals surface area contributed by atoms with Crippen molar-refractivity contribution in [1.82, 2.24) is 10.2 Å². The number of hydrogen-bond acceptors (Lipinski definition) is 3. The number of benzene rings is 1. The first-order valence-corrected chi connectivity index (χ1v) is 6.41. The van der Waals surface area contributed by atoms with E-state index >= 15 is 0 Å². The highest BCUT2D eigenvalue weighted by atomic mass is 16.5. The quantitative estimate of drug-likeness (QED) is 0.865. The topological polar surface area (TPSA) is 41.6 Å². The average molecular weight is 248 g/mol. The van der Waals surface area contributed by atoms with Gasteiger partial charge in [-0.1, -0.05) is 30.3 Å². The first-order valence-electron chi connectivity index (χ1n) is 6.41. The van der Waals surface area contributed by atoms with Gasteiger partial charge in [0.1, 0.15) is 0 Å². The van der Waals surface area contributed by atoms with Gasteiger partial charge >= 0.3 is 0 Å². The molecule has 1 atom stereocenters. The lowest BCUT2D eigenvalue weighted by Crippen LogP contribution is -2.49. The second kappa shape index (κ2) is 6.52. The molecule has 1 heterocycles. The Labute approximate surface area is 108 Å². The van der Waals surface area contributed by atoms with Crippen LogP contribution < -0.4 is 5.32 Å². The van der Waals surface area contributed by atoms with Gasteiger partial charge in [0.25, 0.3) is 0 Å². The van der Waals surface area contributed by atoms with Gasteiger partial charge in [0, 0.05) is 19.6 Å². The molecule has 1 N–H and O–H groups in total. The molecule has 1 aromatic carbocycles. The van der Waals surface area contributed by atoms with E-state index in [0.717, 1.165) is 6.54 Å². The number of hydrogen-bond donors (Lipinski definition) is 1. The molecule has 1 unspecified atom stereocenters. The van der Waals surface area contributed by atoms with Gasteiger partial charge in [-0.2, -0.15) is 0 Å². The van der Waals surface area contributed by atoms with E-state index in [4.69, 9.17) is 4.74 Å². The summed E-state index contributed by atoms with van der Waals surface area (Å²) in [5.41, 5.74) is 1.19. The first kappa shape index (κ1) is 13.1. The second-order valence-electron chi connectivity index (χ2n) is 4.53. The maximum Gasteiger partial charge on any atom is 0.239 e. The summed E-state index contributed by atoms with van der Waals surface area (Å²) in [5.74, 6) is 0.161. The van der Waals surface area contributed by atoms with Gasteiger partial charge in [-0.05, 0) is 12.5 Å². The Morgan fingerprint density at radius 3 is 2.67 bits per heavy atom. The van der Waals surface area contributed by atoms with Crippen LogP contribution in [0, 0.1) is 0 Å². The number of carbonyl (C=O) groups excluding carboxylic acids is 1. The lowest BCUT2D eigenvalue weighted by molar-refractivity contribution is -0.137. The molecule has 1 aliphatic heterocycles. The van der Waals surface area contributed by atoms with Crippen molar-refractivity contribution >= 4 is 5.91 Å². The Bertz CT molecular complexity index is 375. The predicted molar refractivity (Wildman–Crippen MR) is 70.1 cm³/mol. The molecule has 98 valence electrons. The predicted octanol–water partition coefficient (Wildman–Crippen LogP) is 1.02. The Kier molecular flexibility index (Phi) is 4.73. The second-order valence-corrected chi connectivity index (χ2v) is 4.53. The third-order valence-corrected chi connectivity index (χ3v) is 3.15. The maximum absolute atomic E-state index is 12.1. The standard InChI is InChI=1S/C14H20N2O2/c1-12(14(17)16-7-9-18-10-8-16)15-11-13-5-3-2-4-6-13/h2-6,12,15H,7-11H2,1H3. The number of amides is 1. The lowest BCUT2D eigenvalue weighted by Gasteiger charge is -2.29. The number of ether oxygens (including phenoxy) is 1. The summed E-state index contributed by atoms with van der Waals surface area (Å²) in [7, 11) is 0. The van der Waals surface area contributed by atoms with Crippen LogP contribution in [0.2, 0.25) is 0 Å². The lowest BCUT2D eigenvalue weighted by atomic mass is 10.2. The molecule has 0 saturated carbocycles. The summed E-state index contributed by atoms with van der Waals surface area (Å²) in [4.78, 5) is 14.0. The fourth-order valence-electron chi connectivity index (χ4n) is 2.01. The molecule has 1 amide bonds. The molecule has 1 aromatic rings. The minimum absolute atomic E-state index is 0.150. The van der Waals surface area contributed by atoms with Crippen molar-refractivity contribution in [2.45, 2.75) is 19.5 Å². The summed E-state index contributed by atoms with van der Waals surface area (Å²) < 4.78 is 5.24. The van der Waals surface area contributed by atoms with Crippen molar-refractivity contribution in [3.05, 3.63) is 35.9 Å². The molecule has 0 spiro atoms. The van der Waals surface area contributed by atoms with Crippen molar-refractivity contribution in [2.24, 2.45) is 0 Å². The summed E-state index contributed by atoms with van der Waals surface area (Å²) in [6.45, 7) is 5.35. The van der Waals surface area contributed by atoms with Gasteiger partial charge < -0.3 is 15.0 Å². The first-order chi connectivity index (χ1) is 8.77. The Hall–Kier alpha value is -1.39. The number of morpholine rings is 1. The summed E-state index contributed by atoms with van der Waals surface area (Å²) in [5, 5.41) is 3.26. The highest BCUT2D eigenvalue weighted by molar-refractivity contribution is 5.81. The molecule has 1 saturated heterocycles. The van der Waals surface area contributed by atoms with Gasteiger partial charge in [0.2, 0.25) is 5.91 Å². The SMILES string of the molecule is CC(NCc1ccccc1)C(=O)N1CCOCC1. The van der Waals surface area contributed by atoms with Gasteiger partial charge in [0.15, 0.2) is 0 Å². The zero-order chi connectivity index (χ0) is 12.8. The normalized spacial score (nSPS) is 17.5. The van der Waals surface area contributed by atoms with Crippen LogP contribution in [0.15, 0.2) is 30.3 Å². The van der Waals surface area contributed by atoms with Crippen molar-refractivity contribution in [3.63, 3.8) is 0 Å². The van der Waals surface area contributed by atoms with Gasteiger partial charge in [-0.15, -0.1) is 0 Å². The van der Waals surface area contributed by atoms with E-state index < -0.39 is 0 Å². The van der Waals surface area contributed by atoms with Crippen molar-refractivity contribution in [2.75, 3.05) is 26.3 Å². The molecule has 4 heteroatoms. The van der Waals surface area contributed by atoms with Crippen LogP contribution >= 0.6 is 0 Å². The molecule has 0 aliphatic carbocycles. The zero-order valence-electron chi connectivity index (χ0n) is 10.8. The third kappa shape index (κ3) is 3.55. The van der Waals surface area contributed by atoms with Crippen LogP contribution in [-0.2, 0) is 16.1 Å². The van der Waals surface area contributed by atoms with Gasteiger partial charge in [-0.3, -0.25) is 4.79 Å². The van der Waals surface area contributed by atoms with Crippen molar-refractivity contribution in [1.29, 1.82) is 0 Å². The van der Waals surface area contributed by atoms with E-state index in [1.54, 1.807) is 0 Å². The highest BCUT2D eigenvalue weighted by Gasteiger charge is 2.21. The van der Waals surface area contributed by atoms with Crippen molar-refractivity contribution < 1.29 is 9.53 Å². The minimum atomic E-state index is -0.150. The zero-order valence-corrected chi connectivity index (χ0v) is 10.8. The van der Waals surface area contributed by atoms with Gasteiger partial charge in [0.05, 0.1) is 19.3 Å². The van der Waals surface area contributed by atoms with Crippen LogP contribution in [0.1, 0.15) is 12.5 Å². The van der Waals surface area contributed by atoms with E-state index in [1.807, 2.05) is 30.0 Å². The molecule has 0 radical (unpaired) electrons. The van der Waals surface area contributed by atoms with E-state index in [0.29, 0.717) is 26.3 Å². The fraction of sp³-hybridized carbons (Fsp3) is 0.500. The summed E-state index contributed by atoms with van der Waals surface area (Å²) in [6, 6.07) is 9.96. The minimum Gasteiger partial charge on any atom is -0.378 e. The molecule has 4 nitrogen and oxygen atoms in total. The molecule has 0 aromatic heterocycles. The van der Waals surface area contributed by atoms with Crippen LogP contribution in [-0.4, -0.2) is 43.2 Å². The number of carbonyl (C=O) groups is 1. The summed E-state index contributed by atoms with van der Waals surface area (Å²) in [6.07, 6.45) is 0. The van der Waals surface area contributed by atoms with E-state index in [1.165, 1.54) is 5.56 Å². The Morgan fingerprint density at radius 1 is 1.33 bits per heavy atom. The third-order valence-electron chi connectivity index (χ3n) is 3.15. The molecular weight excluding hydrogens is 228 g/mol. The molecule has 18 heavy (non-hydrogen) atoms. The number of nitrogens with zero attached hydrogens (tertiary/aromatic N) is 1. The molecule has 1 aliphatic rings. The smallest absolute Gasteiger partial charge is 0.239 e. The average Bonchev–Trinajstić information content (AvgIpc) is 2.46. The van der Waals surface area contributed by atoms with Crippen LogP contribution in [0.5, 0.6) is 0 Å². The largest absolute Gasteiger partial charge is 0.378 e. The molecular formula is C14H20N2O2. The van der Waals surface area contributed by atoms with E-state index in [-0.39, 0.29) is 11.9 Å². The fourth-order valence-corrected chi connectivity index (χ4v) is 2.01. The summed E-state index contributed by atoms with van der Waals surface area (Å²) >= 11 is 0. The van der Waals surface area contributed by atoms with Crippen molar-refractivity contribution in [3.8, 4) is 0 Å². The van der Waals surface area contributed by atoms with Crippen LogP contribution in [0.25, 0.3) is 0 Å². The number of nitrogens with one attached hydrogen (secondary N) is 1. The van der Waals surface area contributed by atoms with Crippen LogP contribution in [0.4, 0.5) is 0 Å². The Balaban J connectivity index is 1.80. The van der Waals surface area contributed by atoms with Gasteiger partial charge in [-0.25, -0.2) is 0 Å². The monoisotopic (exact) mass is 248 g/mol. The molecule has 2 rings (SSSR count).